The lowest BCUT2D eigenvalue weighted by atomic mass is 9.89. The lowest BCUT2D eigenvalue weighted by Crippen LogP contribution is -2.34. The number of hydrogen-bond donors (Lipinski definition) is 14. The number of azide groups is 2. The molecule has 526 valence electrons. The highest BCUT2D eigenvalue weighted by atomic mass is 32.2. The predicted octanol–water partition coefficient (Wildman–Crippen LogP) is 2.74. The third kappa shape index (κ3) is 19.4. The molecule has 0 saturated carbocycles. The Hall–Kier alpha value is -9.70. The largest absolute Gasteiger partial charge is 0.491 e. The van der Waals surface area contributed by atoms with Crippen molar-refractivity contribution < 1.29 is 125 Å². The Labute approximate surface area is 553 Å². The second-order valence-corrected chi connectivity index (χ2v) is 27.2. The summed E-state index contributed by atoms with van der Waals surface area (Å²) in [5, 5.41) is 31.7. The number of benzene rings is 4. The average molecular weight is 1480 g/mol. The van der Waals surface area contributed by atoms with Gasteiger partial charge in [-0.2, -0.15) is 30.4 Å². The van der Waals surface area contributed by atoms with Crippen LogP contribution in [0.3, 0.4) is 0 Å². The number of carbonyl (C=O) groups excluding carboxylic acids is 3. The average Bonchev–Trinajstić information content (AvgIpc) is 1.41. The first kappa shape index (κ1) is 75.1. The number of carboxylic acid groups (broad SMARTS) is 1. The standard InChI is InChI=1S/C51H52N15O28P3S2/c52-33-10-8-30-41(31-9-11-34(53)45(99(83,84)85)43(31)92-42(30)44(33)98(80,81)82)32-18-26(6-7-29(32)50(71)72)48(69)59-14-13-58-47(68)25-3-1-5-28(17-25)88-23-38(63-65-56)87-16-15-86-22-37(67)57-12-2-4-27-20-66(46-40(27)49(70)62-51(54)61-46)39-19-35(89-24-60-64-55)36(91-39)21-90-96(76,77)94-97(78,79)93-95(73,74)75/h1,3,5-11,17-18,20,35-36,38-39,52H,12-16,19,21-24,53H2,(H,57,67)(H,58,68)(H,59,69)(H,71,72)(H,76,77)(H,78,79)(H2,73,74,75)(H,80,81,82)(H,83,84,85)(H3,54,61,62,70). The number of phosphoric acid groups is 3. The normalized spacial score (nSPS) is 16.3. The molecular weight excluding hydrogens is 1430 g/mol. The van der Waals surface area contributed by atoms with E-state index in [0.29, 0.717) is 0 Å². The minimum absolute atomic E-state index is 0.0250. The molecule has 3 amide bonds. The fourth-order valence-electron chi connectivity index (χ4n) is 9.55. The Balaban J connectivity index is 0.813. The number of carbonyl (C=O) groups is 4. The van der Waals surface area contributed by atoms with E-state index < -0.39 is 155 Å². The van der Waals surface area contributed by atoms with Crippen LogP contribution in [0.2, 0.25) is 0 Å². The molecule has 1 fully saturated rings. The SMILES string of the molecule is [N-]=[N+]=NCOC1CC(n2cc(C#CCNC(=O)COCCOC(COc3cccc(C(=O)NCCNC(=O)c4ccc(C(=O)O)c(-c5c6ccc(=N)c(S(=O)(=O)O)c-6oc6c(S(=O)(=O)O)c(N)ccc56)c4)c3)N=[N+]=[N-])c3c(=O)[nH]c(N)nc32)OC1COP(=O)(O)OP(=O)(O)OP(=O)(O)O. The van der Waals surface area contributed by atoms with E-state index in [2.05, 4.69) is 66.4 Å². The number of amides is 3. The molecule has 6 unspecified atom stereocenters. The minimum atomic E-state index is -5.88. The Kier molecular flexibility index (Phi) is 23.8. The lowest BCUT2D eigenvalue weighted by molar-refractivity contribution is -0.126. The Morgan fingerprint density at radius 2 is 1.60 bits per heavy atom. The number of nitrogens with zero attached hydrogens (tertiary/aromatic N) is 8. The van der Waals surface area contributed by atoms with E-state index in [9.17, 15) is 84.0 Å². The van der Waals surface area contributed by atoms with Gasteiger partial charge in [0.15, 0.2) is 33.0 Å². The summed E-state index contributed by atoms with van der Waals surface area (Å²) >= 11 is 0. The second-order valence-electron chi connectivity index (χ2n) is 20.1. The topological polar surface area (TPSA) is 677 Å². The minimum Gasteiger partial charge on any atom is -0.491 e. The van der Waals surface area contributed by atoms with E-state index in [1.807, 2.05) is 0 Å². The summed E-state index contributed by atoms with van der Waals surface area (Å²) in [7, 11) is -27.8. The quantitative estimate of drug-likeness (QED) is 0.00342. The summed E-state index contributed by atoms with van der Waals surface area (Å²) in [5.41, 5.74) is 25.9. The van der Waals surface area contributed by atoms with Crippen molar-refractivity contribution in [2.24, 2.45) is 10.2 Å². The number of aromatic nitrogens is 3. The van der Waals surface area contributed by atoms with Crippen LogP contribution in [-0.2, 0) is 70.8 Å². The molecule has 2 aromatic heterocycles. The summed E-state index contributed by atoms with van der Waals surface area (Å²) in [5.74, 6) is 0.605. The summed E-state index contributed by atoms with van der Waals surface area (Å²) in [6, 6.07) is 13.2. The molecule has 6 atom stereocenters. The molecule has 1 aliphatic carbocycles. The van der Waals surface area contributed by atoms with Crippen LogP contribution in [0.1, 0.15) is 49.3 Å². The van der Waals surface area contributed by atoms with E-state index in [-0.39, 0.29) is 107 Å². The molecule has 3 aliphatic rings. The van der Waals surface area contributed by atoms with Crippen molar-refractivity contribution in [2.45, 2.75) is 40.9 Å². The van der Waals surface area contributed by atoms with Crippen LogP contribution in [0.15, 0.2) is 102 Å². The van der Waals surface area contributed by atoms with Crippen LogP contribution in [-0.4, -0.2) is 167 Å². The van der Waals surface area contributed by atoms with Crippen molar-refractivity contribution in [3.05, 3.63) is 132 Å². The second kappa shape index (κ2) is 31.4. The van der Waals surface area contributed by atoms with Gasteiger partial charge in [-0.15, -0.1) is 0 Å². The number of carboxylic acids is 1. The molecule has 0 bridgehead atoms. The van der Waals surface area contributed by atoms with Crippen molar-refractivity contribution in [1.29, 1.82) is 5.41 Å². The zero-order chi connectivity index (χ0) is 72.4. The van der Waals surface area contributed by atoms with Gasteiger partial charge in [0.1, 0.15) is 38.0 Å². The zero-order valence-electron chi connectivity index (χ0n) is 49.9. The zero-order valence-corrected chi connectivity index (χ0v) is 54.2. The molecule has 16 N–H and O–H groups in total. The highest BCUT2D eigenvalue weighted by Gasteiger charge is 2.44. The van der Waals surface area contributed by atoms with Crippen molar-refractivity contribution in [2.75, 3.05) is 70.9 Å². The van der Waals surface area contributed by atoms with E-state index in [4.69, 9.17) is 64.8 Å². The smallest absolute Gasteiger partial charge is 0.490 e. The number of aromatic amines is 1. The van der Waals surface area contributed by atoms with Crippen LogP contribution in [0.25, 0.3) is 65.3 Å². The Morgan fingerprint density at radius 1 is 0.889 bits per heavy atom. The van der Waals surface area contributed by atoms with Crippen LogP contribution in [0.4, 0.5) is 11.6 Å². The third-order valence-corrected chi connectivity index (χ3v) is 19.1. The number of phosphoric ester groups is 1. The van der Waals surface area contributed by atoms with Gasteiger partial charge in [0, 0.05) is 63.2 Å². The molecular formula is C51H52N15O28P3S2. The first-order valence-corrected chi connectivity index (χ1v) is 34.9. The molecule has 0 spiro atoms. The van der Waals surface area contributed by atoms with Crippen LogP contribution >= 0.6 is 23.5 Å². The van der Waals surface area contributed by atoms with Crippen molar-refractivity contribution >= 4 is 101 Å². The van der Waals surface area contributed by atoms with Gasteiger partial charge in [0.25, 0.3) is 37.6 Å². The van der Waals surface area contributed by atoms with E-state index in [1.54, 1.807) is 0 Å². The van der Waals surface area contributed by atoms with Crippen LogP contribution in [0, 0.1) is 17.3 Å². The summed E-state index contributed by atoms with van der Waals surface area (Å²) in [4.78, 5) is 112. The summed E-state index contributed by atoms with van der Waals surface area (Å²) in [6.07, 6.45) is -3.84. The molecule has 99 heavy (non-hydrogen) atoms. The Bertz CT molecular complexity index is 5010. The molecule has 0 radical (unpaired) electrons. The van der Waals surface area contributed by atoms with Gasteiger partial charge >= 0.3 is 29.4 Å². The number of anilines is 2. The van der Waals surface area contributed by atoms with Gasteiger partial charge in [-0.25, -0.2) is 18.5 Å². The Morgan fingerprint density at radius 3 is 2.26 bits per heavy atom. The number of nitrogens with two attached hydrogens (primary N) is 2. The molecule has 8 rings (SSSR count). The summed E-state index contributed by atoms with van der Waals surface area (Å²) in [6.45, 7) is -3.62. The molecule has 5 aromatic rings. The number of nitrogens with one attached hydrogen (secondary N) is 5. The number of hydrogen-bond acceptors (Lipinski definition) is 27. The fraction of sp³-hybridized carbons (Fsp3) is 0.275. The van der Waals surface area contributed by atoms with Crippen LogP contribution in [0.5, 0.6) is 5.75 Å². The highest BCUT2D eigenvalue weighted by Crippen LogP contribution is 2.66. The van der Waals surface area contributed by atoms with Gasteiger partial charge < -0.3 is 84.8 Å². The maximum absolute atomic E-state index is 13.6. The van der Waals surface area contributed by atoms with Crippen molar-refractivity contribution in [1.82, 2.24) is 30.5 Å². The third-order valence-electron chi connectivity index (χ3n) is 13.4. The van der Waals surface area contributed by atoms with E-state index in [1.165, 1.54) is 41.1 Å². The molecule has 3 aromatic carbocycles. The van der Waals surface area contributed by atoms with Gasteiger partial charge in [-0.3, -0.25) is 43.2 Å². The number of ether oxygens (including phenoxy) is 5. The van der Waals surface area contributed by atoms with Gasteiger partial charge in [-0.1, -0.05) is 28.1 Å². The first-order chi connectivity index (χ1) is 46.6. The van der Waals surface area contributed by atoms with Gasteiger partial charge in [0.05, 0.1) is 60.0 Å². The van der Waals surface area contributed by atoms with E-state index in [0.717, 1.165) is 36.4 Å². The van der Waals surface area contributed by atoms with Crippen LogP contribution < -0.4 is 43.1 Å². The lowest BCUT2D eigenvalue weighted by Gasteiger charge is -2.21. The predicted molar refractivity (Wildman–Crippen MR) is 333 cm³/mol. The molecule has 1 saturated heterocycles. The number of H-pyrrole nitrogens is 1. The fourth-order valence-corrected chi connectivity index (χ4v) is 14.1. The number of fused-ring (bicyclic) bond motifs is 3. The molecule has 4 heterocycles. The highest BCUT2D eigenvalue weighted by molar-refractivity contribution is 7.86. The maximum atomic E-state index is 13.6. The van der Waals surface area contributed by atoms with Crippen molar-refractivity contribution in [3.8, 4) is 40.0 Å². The monoisotopic (exact) mass is 1480 g/mol. The van der Waals surface area contributed by atoms with Gasteiger partial charge in [-0.05, 0) is 77.3 Å². The molecule has 48 heteroatoms. The number of rotatable bonds is 31. The number of nitrogen functional groups attached to an aromatic ring is 2. The summed E-state index contributed by atoms with van der Waals surface area (Å²) < 4.78 is 153. The number of aromatic carboxylic acids is 1. The maximum Gasteiger partial charge on any atom is 0.490 e. The molecule has 43 nitrogen and oxygen atoms in total. The van der Waals surface area contributed by atoms with Crippen molar-refractivity contribution in [3.63, 3.8) is 0 Å². The van der Waals surface area contributed by atoms with E-state index >= 15 is 0 Å². The molecule has 2 aliphatic heterocycles. The first-order valence-electron chi connectivity index (χ1n) is 27.5. The van der Waals surface area contributed by atoms with Gasteiger partial charge in [0.2, 0.25) is 11.9 Å².